The molecule has 0 spiro atoms. The smallest absolute Gasteiger partial charge is 0.0357 e. The zero-order valence-electron chi connectivity index (χ0n) is 23.1. The van der Waals surface area contributed by atoms with Crippen LogP contribution in [0.1, 0.15) is 123 Å². The molecular weight excluding hydrogens is 348 g/mol. The summed E-state index contributed by atoms with van der Waals surface area (Å²) in [6, 6.07) is 0. The van der Waals surface area contributed by atoms with E-state index in [1.807, 2.05) is 0 Å². The van der Waals surface area contributed by atoms with Crippen molar-refractivity contribution >= 4 is 0 Å². The Hall–Kier alpha value is 0. The van der Waals surface area contributed by atoms with Gasteiger partial charge in [-0.2, -0.15) is 0 Å². The van der Waals surface area contributed by atoms with Crippen LogP contribution in [0.5, 0.6) is 0 Å². The largest absolute Gasteiger partial charge is 0.0654 e. The second-order valence-corrected chi connectivity index (χ2v) is 12.8. The first-order valence-corrected chi connectivity index (χ1v) is 13.2. The monoisotopic (exact) mass is 408 g/mol. The molecule has 8 atom stereocenters. The van der Waals surface area contributed by atoms with E-state index in [9.17, 15) is 0 Å². The lowest BCUT2D eigenvalue weighted by Crippen LogP contribution is -2.12. The fourth-order valence-electron chi connectivity index (χ4n) is 6.15. The predicted molar refractivity (Wildman–Crippen MR) is 135 cm³/mol. The highest BCUT2D eigenvalue weighted by atomic mass is 14.5. The molecule has 2 rings (SSSR count). The lowest BCUT2D eigenvalue weighted by Gasteiger charge is -2.20. The third-order valence-electron chi connectivity index (χ3n) is 8.92. The summed E-state index contributed by atoms with van der Waals surface area (Å²) >= 11 is 0. The molecule has 0 radical (unpaired) electrons. The molecule has 0 aromatic heterocycles. The predicted octanol–water partition coefficient (Wildman–Crippen LogP) is 9.97. The minimum absolute atomic E-state index is 0.500. The van der Waals surface area contributed by atoms with E-state index in [-0.39, 0.29) is 0 Å². The van der Waals surface area contributed by atoms with Gasteiger partial charge in [-0.25, -0.2) is 0 Å². The normalized spacial score (nSPS) is 42.0. The molecule has 0 aromatic rings. The third kappa shape index (κ3) is 8.95. The van der Waals surface area contributed by atoms with Gasteiger partial charge in [0.1, 0.15) is 0 Å². The van der Waals surface area contributed by atoms with Crippen LogP contribution < -0.4 is 0 Å². The van der Waals surface area contributed by atoms with Crippen molar-refractivity contribution in [3.63, 3.8) is 0 Å². The van der Waals surface area contributed by atoms with E-state index in [0.717, 1.165) is 59.2 Å². The lowest BCUT2D eigenvalue weighted by molar-refractivity contribution is 0.297. The van der Waals surface area contributed by atoms with Crippen LogP contribution in [0.4, 0.5) is 0 Å². The molecule has 2 saturated carbocycles. The second kappa shape index (κ2) is 12.8. The van der Waals surface area contributed by atoms with E-state index in [0.29, 0.717) is 5.41 Å². The SMILES string of the molecule is CC(C)(C)C.CCCC1C(C)C(C)C(C)C1C.CCCC1C(C)C(C)C(C)C1C. The average Bonchev–Trinajstić information content (AvgIpc) is 2.91. The van der Waals surface area contributed by atoms with E-state index in [1.165, 1.54) is 25.7 Å². The maximum atomic E-state index is 2.45. The quantitative estimate of drug-likeness (QED) is 0.434. The van der Waals surface area contributed by atoms with Gasteiger partial charge >= 0.3 is 0 Å². The zero-order chi connectivity index (χ0) is 23.1. The summed E-state index contributed by atoms with van der Waals surface area (Å²) in [6.45, 7) is 32.9. The van der Waals surface area contributed by atoms with Crippen molar-refractivity contribution in [2.45, 2.75) is 123 Å². The highest BCUT2D eigenvalue weighted by Crippen LogP contribution is 2.48. The molecule has 0 bridgehead atoms. The fraction of sp³-hybridized carbons (Fsp3) is 1.00. The molecule has 2 fully saturated rings. The standard InChI is InChI=1S/2C12H24.C5H12/c2*1-6-7-12-10(4)8(2)9(3)11(12)5;1-5(2,3)4/h2*8-12H,6-7H2,1-5H3;1-4H3. The van der Waals surface area contributed by atoms with E-state index >= 15 is 0 Å². The molecular formula is C29H60. The van der Waals surface area contributed by atoms with Crippen LogP contribution in [0.2, 0.25) is 0 Å². The van der Waals surface area contributed by atoms with Crippen molar-refractivity contribution in [3.8, 4) is 0 Å². The highest BCUT2D eigenvalue weighted by Gasteiger charge is 2.41. The highest BCUT2D eigenvalue weighted by molar-refractivity contribution is 4.89. The summed E-state index contributed by atoms with van der Waals surface area (Å²) in [5.74, 6) is 9.58. The Morgan fingerprint density at radius 2 is 0.586 bits per heavy atom. The Morgan fingerprint density at radius 3 is 0.724 bits per heavy atom. The molecule has 2 aliphatic rings. The van der Waals surface area contributed by atoms with Gasteiger partial charge in [0, 0.05) is 0 Å². The average molecular weight is 409 g/mol. The molecule has 0 aromatic carbocycles. The Bertz CT molecular complexity index is 348. The van der Waals surface area contributed by atoms with Crippen molar-refractivity contribution in [2.75, 3.05) is 0 Å². The van der Waals surface area contributed by atoms with Crippen LogP contribution in [0.3, 0.4) is 0 Å². The van der Waals surface area contributed by atoms with Crippen LogP contribution in [0.25, 0.3) is 0 Å². The van der Waals surface area contributed by atoms with Crippen molar-refractivity contribution in [3.05, 3.63) is 0 Å². The van der Waals surface area contributed by atoms with Crippen LogP contribution in [0.15, 0.2) is 0 Å². The number of hydrogen-bond donors (Lipinski definition) is 0. The van der Waals surface area contributed by atoms with E-state index in [1.54, 1.807) is 0 Å². The molecule has 0 N–H and O–H groups in total. The Morgan fingerprint density at radius 1 is 0.414 bits per heavy atom. The van der Waals surface area contributed by atoms with Crippen LogP contribution in [0, 0.1) is 64.6 Å². The minimum atomic E-state index is 0.500. The molecule has 0 saturated heterocycles. The summed E-state index contributed by atoms with van der Waals surface area (Å²) in [7, 11) is 0. The van der Waals surface area contributed by atoms with E-state index in [2.05, 4.69) is 96.9 Å². The van der Waals surface area contributed by atoms with Gasteiger partial charge < -0.3 is 0 Å². The van der Waals surface area contributed by atoms with Gasteiger partial charge in [-0.1, -0.05) is 123 Å². The number of hydrogen-bond acceptors (Lipinski definition) is 0. The van der Waals surface area contributed by atoms with Gasteiger partial charge in [0.05, 0.1) is 0 Å². The van der Waals surface area contributed by atoms with Gasteiger partial charge in [0.25, 0.3) is 0 Å². The molecule has 0 aliphatic heterocycles. The lowest BCUT2D eigenvalue weighted by atomic mass is 9.86. The van der Waals surface area contributed by atoms with Crippen LogP contribution in [-0.2, 0) is 0 Å². The molecule has 0 heteroatoms. The first-order valence-electron chi connectivity index (χ1n) is 13.2. The third-order valence-corrected chi connectivity index (χ3v) is 8.92. The van der Waals surface area contributed by atoms with Crippen molar-refractivity contribution in [2.24, 2.45) is 64.6 Å². The number of rotatable bonds is 4. The summed E-state index contributed by atoms with van der Waals surface area (Å²) in [6.07, 6.45) is 5.60. The molecule has 8 unspecified atom stereocenters. The summed E-state index contributed by atoms with van der Waals surface area (Å²) in [5.41, 5.74) is 0.500. The molecule has 176 valence electrons. The fourth-order valence-corrected chi connectivity index (χ4v) is 6.15. The summed E-state index contributed by atoms with van der Waals surface area (Å²) in [4.78, 5) is 0. The van der Waals surface area contributed by atoms with E-state index in [4.69, 9.17) is 0 Å². The molecule has 29 heavy (non-hydrogen) atoms. The Labute approximate surface area is 187 Å². The molecule has 0 nitrogen and oxygen atoms in total. The van der Waals surface area contributed by atoms with Gasteiger partial charge in [0.15, 0.2) is 0 Å². The summed E-state index contributed by atoms with van der Waals surface area (Å²) in [5, 5.41) is 0. The minimum Gasteiger partial charge on any atom is -0.0654 e. The maximum Gasteiger partial charge on any atom is -0.0357 e. The Balaban J connectivity index is 0.000000442. The topological polar surface area (TPSA) is 0 Å². The van der Waals surface area contributed by atoms with E-state index < -0.39 is 0 Å². The van der Waals surface area contributed by atoms with Crippen LogP contribution in [-0.4, -0.2) is 0 Å². The summed E-state index contributed by atoms with van der Waals surface area (Å²) < 4.78 is 0. The second-order valence-electron chi connectivity index (χ2n) is 12.8. The van der Waals surface area contributed by atoms with Crippen molar-refractivity contribution in [1.29, 1.82) is 0 Å². The van der Waals surface area contributed by atoms with Gasteiger partial charge in [-0.05, 0) is 64.6 Å². The van der Waals surface area contributed by atoms with Gasteiger partial charge in [0.2, 0.25) is 0 Å². The van der Waals surface area contributed by atoms with Gasteiger partial charge in [-0.15, -0.1) is 0 Å². The molecule has 0 amide bonds. The van der Waals surface area contributed by atoms with Crippen LogP contribution >= 0.6 is 0 Å². The van der Waals surface area contributed by atoms with Crippen molar-refractivity contribution < 1.29 is 0 Å². The first-order chi connectivity index (χ1) is 13.2. The zero-order valence-corrected chi connectivity index (χ0v) is 23.1. The van der Waals surface area contributed by atoms with Crippen molar-refractivity contribution in [1.82, 2.24) is 0 Å². The Kier molecular flexibility index (Phi) is 12.8. The maximum absolute atomic E-state index is 2.45. The molecule has 0 heterocycles. The molecule has 2 aliphatic carbocycles. The first kappa shape index (κ1) is 29.0. The van der Waals surface area contributed by atoms with Gasteiger partial charge in [-0.3, -0.25) is 0 Å².